The van der Waals surface area contributed by atoms with E-state index in [0.717, 1.165) is 18.5 Å². The van der Waals surface area contributed by atoms with E-state index < -0.39 is 0 Å². The number of carbonyl (C=O) groups is 1. The Morgan fingerprint density at radius 2 is 1.64 bits per heavy atom. The lowest BCUT2D eigenvalue weighted by Gasteiger charge is -2.23. The average Bonchev–Trinajstić information content (AvgIpc) is 2.57. The van der Waals surface area contributed by atoms with Crippen molar-refractivity contribution in [2.24, 2.45) is 5.73 Å². The number of nitrogens with two attached hydrogens (primary N) is 1. The van der Waals surface area contributed by atoms with E-state index >= 15 is 0 Å². The van der Waals surface area contributed by atoms with Crippen molar-refractivity contribution < 1.29 is 4.79 Å². The summed E-state index contributed by atoms with van der Waals surface area (Å²) in [5.74, 6) is 0.120. The van der Waals surface area contributed by atoms with E-state index in [9.17, 15) is 4.79 Å². The number of benzene rings is 2. The van der Waals surface area contributed by atoms with E-state index in [1.54, 1.807) is 0 Å². The molecule has 0 aliphatic heterocycles. The summed E-state index contributed by atoms with van der Waals surface area (Å²) >= 11 is 0. The third-order valence-corrected chi connectivity index (χ3v) is 3.87. The van der Waals surface area contributed by atoms with Crippen LogP contribution in [0.15, 0.2) is 60.7 Å². The predicted octanol–water partition coefficient (Wildman–Crippen LogP) is 3.17. The van der Waals surface area contributed by atoms with Gasteiger partial charge in [0.15, 0.2) is 0 Å². The topological polar surface area (TPSA) is 46.3 Å². The number of nitrogens with zero attached hydrogens (tertiary/aromatic N) is 1. The maximum absolute atomic E-state index is 12.4. The molecule has 0 spiro atoms. The van der Waals surface area contributed by atoms with Crippen LogP contribution < -0.4 is 5.73 Å². The fourth-order valence-corrected chi connectivity index (χ4v) is 2.50. The minimum Gasteiger partial charge on any atom is -0.343 e. The lowest BCUT2D eigenvalue weighted by Crippen LogP contribution is -2.34. The van der Waals surface area contributed by atoms with Crippen molar-refractivity contribution in [3.05, 3.63) is 71.8 Å². The van der Waals surface area contributed by atoms with Gasteiger partial charge in [-0.25, -0.2) is 0 Å². The molecule has 3 heteroatoms. The lowest BCUT2D eigenvalue weighted by atomic mass is 10.0. The minimum atomic E-state index is -0.237. The molecule has 0 saturated carbocycles. The second kappa shape index (κ2) is 8.35. The van der Waals surface area contributed by atoms with Crippen molar-refractivity contribution in [1.82, 2.24) is 4.90 Å². The van der Waals surface area contributed by atoms with E-state index in [2.05, 4.69) is 12.1 Å². The summed E-state index contributed by atoms with van der Waals surface area (Å²) in [6.07, 6.45) is 1.23. The quantitative estimate of drug-likeness (QED) is 0.853. The Bertz CT molecular complexity index is 569. The zero-order valence-corrected chi connectivity index (χ0v) is 13.1. The van der Waals surface area contributed by atoms with E-state index in [4.69, 9.17) is 5.73 Å². The zero-order valence-electron chi connectivity index (χ0n) is 13.1. The van der Waals surface area contributed by atoms with Crippen LogP contribution in [0.2, 0.25) is 0 Å². The normalized spacial score (nSPS) is 11.9. The third kappa shape index (κ3) is 4.71. The first-order valence-corrected chi connectivity index (χ1v) is 7.83. The Morgan fingerprint density at radius 3 is 2.23 bits per heavy atom. The van der Waals surface area contributed by atoms with Crippen LogP contribution in [0.4, 0.5) is 0 Å². The smallest absolute Gasteiger partial charge is 0.224 e. The van der Waals surface area contributed by atoms with E-state index in [-0.39, 0.29) is 11.9 Å². The summed E-state index contributed by atoms with van der Waals surface area (Å²) in [6, 6.07) is 19.8. The standard InChI is InChI=1S/C19H24N2O/c1-2-21(14-13-16-9-5-3-6-10-16)19(22)15-18(20)17-11-7-4-8-12-17/h3-12,18H,2,13-15,20H2,1H3. The first kappa shape index (κ1) is 16.2. The summed E-state index contributed by atoms with van der Waals surface area (Å²) in [5.41, 5.74) is 8.41. The summed E-state index contributed by atoms with van der Waals surface area (Å²) in [7, 11) is 0. The fourth-order valence-electron chi connectivity index (χ4n) is 2.50. The van der Waals surface area contributed by atoms with Gasteiger partial charge >= 0.3 is 0 Å². The second-order valence-electron chi connectivity index (χ2n) is 5.43. The summed E-state index contributed by atoms with van der Waals surface area (Å²) in [6.45, 7) is 3.46. The Balaban J connectivity index is 1.88. The van der Waals surface area contributed by atoms with Crippen LogP contribution in [-0.4, -0.2) is 23.9 Å². The summed E-state index contributed by atoms with van der Waals surface area (Å²) in [4.78, 5) is 14.3. The average molecular weight is 296 g/mol. The maximum Gasteiger partial charge on any atom is 0.224 e. The van der Waals surface area contributed by atoms with Gasteiger partial charge in [0, 0.05) is 25.6 Å². The van der Waals surface area contributed by atoms with Crippen LogP contribution in [0.25, 0.3) is 0 Å². The Morgan fingerprint density at radius 1 is 1.05 bits per heavy atom. The van der Waals surface area contributed by atoms with Gasteiger partial charge in [-0.05, 0) is 24.5 Å². The van der Waals surface area contributed by atoms with Crippen molar-refractivity contribution in [3.8, 4) is 0 Å². The largest absolute Gasteiger partial charge is 0.343 e. The van der Waals surface area contributed by atoms with Crippen molar-refractivity contribution in [2.75, 3.05) is 13.1 Å². The molecule has 22 heavy (non-hydrogen) atoms. The molecule has 3 nitrogen and oxygen atoms in total. The first-order chi connectivity index (χ1) is 10.7. The number of hydrogen-bond acceptors (Lipinski definition) is 2. The zero-order chi connectivity index (χ0) is 15.8. The van der Waals surface area contributed by atoms with Gasteiger partial charge in [0.2, 0.25) is 5.91 Å². The molecule has 2 rings (SSSR count). The fraction of sp³-hybridized carbons (Fsp3) is 0.316. The number of carbonyl (C=O) groups excluding carboxylic acids is 1. The second-order valence-corrected chi connectivity index (χ2v) is 5.43. The molecule has 116 valence electrons. The molecule has 0 saturated heterocycles. The monoisotopic (exact) mass is 296 g/mol. The van der Waals surface area contributed by atoms with Crippen LogP contribution in [0.1, 0.15) is 30.5 Å². The number of hydrogen-bond donors (Lipinski definition) is 1. The minimum absolute atomic E-state index is 0.120. The van der Waals surface area contributed by atoms with E-state index in [0.29, 0.717) is 13.0 Å². The molecule has 0 radical (unpaired) electrons. The summed E-state index contributed by atoms with van der Waals surface area (Å²) in [5, 5.41) is 0. The van der Waals surface area contributed by atoms with Gasteiger partial charge in [-0.15, -0.1) is 0 Å². The third-order valence-electron chi connectivity index (χ3n) is 3.87. The van der Waals surface area contributed by atoms with E-state index in [1.165, 1.54) is 5.56 Å². The molecule has 1 unspecified atom stereocenters. The first-order valence-electron chi connectivity index (χ1n) is 7.83. The van der Waals surface area contributed by atoms with Gasteiger partial charge in [0.05, 0.1) is 0 Å². The molecule has 2 aromatic rings. The van der Waals surface area contributed by atoms with Gasteiger partial charge in [0.25, 0.3) is 0 Å². The molecule has 0 heterocycles. The van der Waals surface area contributed by atoms with Crippen molar-refractivity contribution in [2.45, 2.75) is 25.8 Å². The summed E-state index contributed by atoms with van der Waals surface area (Å²) < 4.78 is 0. The van der Waals surface area contributed by atoms with Crippen LogP contribution >= 0.6 is 0 Å². The lowest BCUT2D eigenvalue weighted by molar-refractivity contribution is -0.131. The van der Waals surface area contributed by atoms with Gasteiger partial charge in [0.1, 0.15) is 0 Å². The van der Waals surface area contributed by atoms with E-state index in [1.807, 2.05) is 60.4 Å². The maximum atomic E-state index is 12.4. The Kier molecular flexibility index (Phi) is 6.16. The van der Waals surface area contributed by atoms with Gasteiger partial charge in [-0.1, -0.05) is 60.7 Å². The Hall–Kier alpha value is -2.13. The van der Waals surface area contributed by atoms with Crippen molar-refractivity contribution in [1.29, 1.82) is 0 Å². The predicted molar refractivity (Wildman–Crippen MR) is 90.4 cm³/mol. The number of likely N-dealkylation sites (N-methyl/N-ethyl adjacent to an activating group) is 1. The molecule has 2 N–H and O–H groups in total. The number of amides is 1. The highest BCUT2D eigenvalue weighted by Crippen LogP contribution is 2.15. The van der Waals surface area contributed by atoms with Crippen LogP contribution in [-0.2, 0) is 11.2 Å². The Labute approximate surface area is 132 Å². The molecule has 1 amide bonds. The van der Waals surface area contributed by atoms with Crippen LogP contribution in [0.3, 0.4) is 0 Å². The molecule has 0 aliphatic carbocycles. The van der Waals surface area contributed by atoms with Gasteiger partial charge in [-0.2, -0.15) is 0 Å². The molecular weight excluding hydrogens is 272 g/mol. The van der Waals surface area contributed by atoms with Crippen molar-refractivity contribution >= 4 is 5.91 Å². The van der Waals surface area contributed by atoms with Crippen molar-refractivity contribution in [3.63, 3.8) is 0 Å². The molecule has 0 fully saturated rings. The van der Waals surface area contributed by atoms with Gasteiger partial charge in [-0.3, -0.25) is 4.79 Å². The number of rotatable bonds is 7. The molecular formula is C19H24N2O. The van der Waals surface area contributed by atoms with Crippen LogP contribution in [0, 0.1) is 0 Å². The highest BCUT2D eigenvalue weighted by molar-refractivity contribution is 5.77. The van der Waals surface area contributed by atoms with Crippen LogP contribution in [0.5, 0.6) is 0 Å². The molecule has 0 bridgehead atoms. The molecule has 2 aromatic carbocycles. The molecule has 1 atom stereocenters. The highest BCUT2D eigenvalue weighted by Gasteiger charge is 2.16. The SMILES string of the molecule is CCN(CCc1ccccc1)C(=O)CC(N)c1ccccc1. The molecule has 0 aliphatic rings. The molecule has 0 aromatic heterocycles. The highest BCUT2D eigenvalue weighted by atomic mass is 16.2. The van der Waals surface area contributed by atoms with Gasteiger partial charge < -0.3 is 10.6 Å².